The van der Waals surface area contributed by atoms with Crippen LogP contribution in [0.25, 0.3) is 0 Å². The van der Waals surface area contributed by atoms with E-state index in [0.717, 1.165) is 5.56 Å². The quantitative estimate of drug-likeness (QED) is 0.836. The number of nitrogens with one attached hydrogen (secondary N) is 1. The molecule has 0 saturated carbocycles. The maximum Gasteiger partial charge on any atom is 0.231 e. The fourth-order valence-electron chi connectivity index (χ4n) is 2.43. The average Bonchev–Trinajstić information content (AvgIpc) is 3.04. The molecule has 108 valence electrons. The molecule has 2 aliphatic rings. The molecule has 0 bridgehead atoms. The first-order chi connectivity index (χ1) is 9.61. The minimum atomic E-state index is -0.671. The summed E-state index contributed by atoms with van der Waals surface area (Å²) in [6.45, 7) is 3.20. The molecular weight excluding hydrogens is 260 g/mol. The molecule has 2 atom stereocenters. The van der Waals surface area contributed by atoms with E-state index in [2.05, 4.69) is 5.32 Å². The zero-order chi connectivity index (χ0) is 14.2. The number of benzene rings is 1. The van der Waals surface area contributed by atoms with E-state index in [4.69, 9.17) is 19.9 Å². The molecule has 20 heavy (non-hydrogen) atoms. The van der Waals surface area contributed by atoms with Gasteiger partial charge in [-0.25, -0.2) is 0 Å². The zero-order valence-electron chi connectivity index (χ0n) is 11.3. The van der Waals surface area contributed by atoms with E-state index in [9.17, 15) is 4.79 Å². The fraction of sp³-hybridized carbons (Fsp3) is 0.500. The van der Waals surface area contributed by atoms with Crippen LogP contribution in [0, 0.1) is 5.41 Å². The van der Waals surface area contributed by atoms with Gasteiger partial charge in [0.05, 0.1) is 18.6 Å². The zero-order valence-corrected chi connectivity index (χ0v) is 11.3. The van der Waals surface area contributed by atoms with Crippen LogP contribution in [0.2, 0.25) is 0 Å². The lowest BCUT2D eigenvalue weighted by molar-refractivity contribution is -0.130. The average molecular weight is 278 g/mol. The molecule has 2 heterocycles. The highest BCUT2D eigenvalue weighted by Gasteiger charge is 2.44. The summed E-state index contributed by atoms with van der Waals surface area (Å²) in [6, 6.07) is 5.35. The maximum atomic E-state index is 12.3. The van der Waals surface area contributed by atoms with Crippen molar-refractivity contribution in [3.63, 3.8) is 0 Å². The number of nitrogens with two attached hydrogens (primary N) is 1. The Kier molecular flexibility index (Phi) is 3.27. The molecule has 3 N–H and O–H groups in total. The second kappa shape index (κ2) is 4.96. The van der Waals surface area contributed by atoms with Crippen LogP contribution >= 0.6 is 0 Å². The summed E-state index contributed by atoms with van der Waals surface area (Å²) in [6.07, 6.45) is 0. The first-order valence-corrected chi connectivity index (χ1v) is 6.60. The lowest BCUT2D eigenvalue weighted by atomic mass is 9.85. The van der Waals surface area contributed by atoms with Crippen molar-refractivity contribution >= 4 is 5.91 Å². The minimum Gasteiger partial charge on any atom is -0.454 e. The molecule has 0 aromatic heterocycles. The Morgan fingerprint density at radius 2 is 2.35 bits per heavy atom. The van der Waals surface area contributed by atoms with Gasteiger partial charge in [0.1, 0.15) is 0 Å². The van der Waals surface area contributed by atoms with Gasteiger partial charge in [0, 0.05) is 18.2 Å². The van der Waals surface area contributed by atoms with Gasteiger partial charge in [-0.15, -0.1) is 0 Å². The van der Waals surface area contributed by atoms with Gasteiger partial charge in [-0.05, 0) is 13.0 Å². The summed E-state index contributed by atoms with van der Waals surface area (Å²) in [5, 5.41) is 2.91. The van der Waals surface area contributed by atoms with Gasteiger partial charge in [-0.1, -0.05) is 12.1 Å². The molecule has 1 aromatic rings. The molecule has 0 spiro atoms. The Morgan fingerprint density at radius 3 is 3.10 bits per heavy atom. The molecule has 1 amide bonds. The van der Waals surface area contributed by atoms with Crippen molar-refractivity contribution in [2.45, 2.75) is 19.5 Å². The number of amides is 1. The summed E-state index contributed by atoms with van der Waals surface area (Å²) in [5.74, 6) is 1.31. The smallest absolute Gasteiger partial charge is 0.231 e. The van der Waals surface area contributed by atoms with Crippen molar-refractivity contribution in [3.8, 4) is 11.5 Å². The molecule has 1 saturated heterocycles. The summed E-state index contributed by atoms with van der Waals surface area (Å²) in [4.78, 5) is 12.3. The molecule has 6 nitrogen and oxygen atoms in total. The van der Waals surface area contributed by atoms with Crippen molar-refractivity contribution in [1.82, 2.24) is 5.32 Å². The number of hydrogen-bond donors (Lipinski definition) is 2. The van der Waals surface area contributed by atoms with Gasteiger partial charge in [-0.3, -0.25) is 4.79 Å². The van der Waals surface area contributed by atoms with Gasteiger partial charge in [0.25, 0.3) is 0 Å². The summed E-state index contributed by atoms with van der Waals surface area (Å²) >= 11 is 0. The Labute approximate surface area is 117 Å². The number of hydrogen-bond acceptors (Lipinski definition) is 5. The number of carbonyl (C=O) groups excluding carboxylic acids is 1. The first kappa shape index (κ1) is 13.2. The summed E-state index contributed by atoms with van der Waals surface area (Å²) in [5.41, 5.74) is 6.16. The highest BCUT2D eigenvalue weighted by molar-refractivity contribution is 5.83. The topological polar surface area (TPSA) is 82.8 Å². The molecule has 2 aliphatic heterocycles. The summed E-state index contributed by atoms with van der Waals surface area (Å²) in [7, 11) is 0. The molecule has 3 rings (SSSR count). The summed E-state index contributed by atoms with van der Waals surface area (Å²) < 4.78 is 16.0. The van der Waals surface area contributed by atoms with E-state index in [-0.39, 0.29) is 18.7 Å². The number of carbonyl (C=O) groups is 1. The Morgan fingerprint density at radius 1 is 1.50 bits per heavy atom. The molecule has 6 heteroatoms. The van der Waals surface area contributed by atoms with Crippen molar-refractivity contribution < 1.29 is 19.0 Å². The lowest BCUT2D eigenvalue weighted by Gasteiger charge is -2.25. The van der Waals surface area contributed by atoms with Crippen LogP contribution in [-0.2, 0) is 16.1 Å². The normalized spacial score (nSPS) is 27.6. The predicted molar refractivity (Wildman–Crippen MR) is 71.3 cm³/mol. The number of ether oxygens (including phenoxy) is 3. The third kappa shape index (κ3) is 2.10. The molecule has 1 fully saturated rings. The van der Waals surface area contributed by atoms with E-state index < -0.39 is 5.41 Å². The lowest BCUT2D eigenvalue weighted by Crippen LogP contribution is -2.49. The maximum absolute atomic E-state index is 12.3. The van der Waals surface area contributed by atoms with E-state index >= 15 is 0 Å². The second-order valence-corrected chi connectivity index (χ2v) is 5.37. The standard InChI is InChI=1S/C14H18N2O4/c1-14(7-18-6-11(14)15)13(17)16-5-9-3-2-4-10-12(9)20-8-19-10/h2-4,11H,5-8,15H2,1H3,(H,16,17). The minimum absolute atomic E-state index is 0.0981. The highest BCUT2D eigenvalue weighted by Crippen LogP contribution is 2.35. The van der Waals surface area contributed by atoms with Crippen LogP contribution in [0.15, 0.2) is 18.2 Å². The van der Waals surface area contributed by atoms with Crippen molar-refractivity contribution in [1.29, 1.82) is 0 Å². The highest BCUT2D eigenvalue weighted by atomic mass is 16.7. The molecule has 1 aromatic carbocycles. The van der Waals surface area contributed by atoms with Crippen LogP contribution in [0.3, 0.4) is 0 Å². The predicted octanol–water partition coefficient (Wildman–Crippen LogP) is 0.395. The number of rotatable bonds is 3. The number of fused-ring (bicyclic) bond motifs is 1. The van der Waals surface area contributed by atoms with Crippen LogP contribution in [0.1, 0.15) is 12.5 Å². The van der Waals surface area contributed by atoms with Crippen molar-refractivity contribution in [2.24, 2.45) is 11.1 Å². The Hall–Kier alpha value is -1.79. The van der Waals surface area contributed by atoms with Crippen LogP contribution in [-0.4, -0.2) is 32.0 Å². The van der Waals surface area contributed by atoms with Gasteiger partial charge >= 0.3 is 0 Å². The SMILES string of the molecule is CC1(C(=O)NCc2cccc3c2OCO3)COCC1N. The van der Waals surface area contributed by atoms with E-state index in [0.29, 0.717) is 31.3 Å². The monoisotopic (exact) mass is 278 g/mol. The van der Waals surface area contributed by atoms with Gasteiger partial charge in [0.15, 0.2) is 11.5 Å². The largest absolute Gasteiger partial charge is 0.454 e. The van der Waals surface area contributed by atoms with Crippen LogP contribution in [0.4, 0.5) is 0 Å². The fourth-order valence-corrected chi connectivity index (χ4v) is 2.43. The molecule has 0 radical (unpaired) electrons. The van der Waals surface area contributed by atoms with Crippen molar-refractivity contribution in [3.05, 3.63) is 23.8 Å². The van der Waals surface area contributed by atoms with Gasteiger partial charge < -0.3 is 25.3 Å². The van der Waals surface area contributed by atoms with Crippen molar-refractivity contribution in [2.75, 3.05) is 20.0 Å². The van der Waals surface area contributed by atoms with E-state index in [1.54, 1.807) is 0 Å². The second-order valence-electron chi connectivity index (χ2n) is 5.37. The van der Waals surface area contributed by atoms with E-state index in [1.807, 2.05) is 25.1 Å². The first-order valence-electron chi connectivity index (χ1n) is 6.60. The third-order valence-corrected chi connectivity index (χ3v) is 3.95. The molecular formula is C14H18N2O4. The Bertz CT molecular complexity index is 534. The van der Waals surface area contributed by atoms with E-state index in [1.165, 1.54) is 0 Å². The molecule has 0 aliphatic carbocycles. The van der Waals surface area contributed by atoms with Gasteiger partial charge in [0.2, 0.25) is 12.7 Å². The van der Waals surface area contributed by atoms with Crippen LogP contribution in [0.5, 0.6) is 11.5 Å². The Balaban J connectivity index is 1.68. The third-order valence-electron chi connectivity index (χ3n) is 3.95. The van der Waals surface area contributed by atoms with Gasteiger partial charge in [-0.2, -0.15) is 0 Å². The number of para-hydroxylation sites is 1. The van der Waals surface area contributed by atoms with Crippen LogP contribution < -0.4 is 20.5 Å². The molecule has 2 unspecified atom stereocenters.